The van der Waals surface area contributed by atoms with E-state index in [1.54, 1.807) is 6.92 Å². The largest absolute Gasteiger partial charge is 0.391 e. The van der Waals surface area contributed by atoms with Crippen molar-refractivity contribution in [2.45, 2.75) is 26.0 Å². The van der Waals surface area contributed by atoms with E-state index in [-0.39, 0.29) is 12.1 Å². The Kier molecular flexibility index (Phi) is 3.99. The van der Waals surface area contributed by atoms with Gasteiger partial charge in [0, 0.05) is 15.3 Å². The number of para-hydroxylation sites is 1. The van der Waals surface area contributed by atoms with Crippen LogP contribution in [0.25, 0.3) is 0 Å². The van der Waals surface area contributed by atoms with E-state index in [1.165, 1.54) is 3.57 Å². The van der Waals surface area contributed by atoms with E-state index in [2.05, 4.69) is 27.9 Å². The van der Waals surface area contributed by atoms with E-state index in [1.807, 2.05) is 31.2 Å². The van der Waals surface area contributed by atoms with Crippen LogP contribution in [0.4, 0.5) is 5.69 Å². The third kappa shape index (κ3) is 3.15. The molecule has 0 heterocycles. The standard InChI is InChI=1S/C10H14INO/c1-7(8(2)13)12-10-6-4-3-5-9(10)11/h3-8,12-13H,1-2H3. The Labute approximate surface area is 92.5 Å². The molecule has 2 unspecified atom stereocenters. The molecule has 2 N–H and O–H groups in total. The lowest BCUT2D eigenvalue weighted by Crippen LogP contribution is -2.28. The Morgan fingerprint density at radius 2 is 1.92 bits per heavy atom. The summed E-state index contributed by atoms with van der Waals surface area (Å²) in [6, 6.07) is 8.12. The molecule has 0 spiro atoms. The Balaban J connectivity index is 2.69. The zero-order valence-electron chi connectivity index (χ0n) is 7.79. The molecule has 0 aliphatic rings. The highest BCUT2D eigenvalue weighted by atomic mass is 127. The topological polar surface area (TPSA) is 32.3 Å². The maximum Gasteiger partial charge on any atom is 0.0710 e. The second kappa shape index (κ2) is 4.81. The first kappa shape index (κ1) is 10.8. The highest BCUT2D eigenvalue weighted by molar-refractivity contribution is 14.1. The summed E-state index contributed by atoms with van der Waals surface area (Å²) in [5, 5.41) is 12.6. The summed E-state index contributed by atoms with van der Waals surface area (Å²) in [5.74, 6) is 0. The predicted molar refractivity (Wildman–Crippen MR) is 63.9 cm³/mol. The summed E-state index contributed by atoms with van der Waals surface area (Å²) in [6.07, 6.45) is -0.337. The summed E-state index contributed by atoms with van der Waals surface area (Å²) in [6.45, 7) is 3.75. The Morgan fingerprint density at radius 1 is 1.31 bits per heavy atom. The van der Waals surface area contributed by atoms with E-state index < -0.39 is 0 Å². The molecule has 0 amide bonds. The number of nitrogens with one attached hydrogen (secondary N) is 1. The first-order chi connectivity index (χ1) is 6.11. The minimum absolute atomic E-state index is 0.0796. The highest BCUT2D eigenvalue weighted by Gasteiger charge is 2.08. The van der Waals surface area contributed by atoms with Crippen molar-refractivity contribution < 1.29 is 5.11 Å². The van der Waals surface area contributed by atoms with Crippen LogP contribution in [-0.4, -0.2) is 17.3 Å². The second-order valence-electron chi connectivity index (χ2n) is 3.15. The Morgan fingerprint density at radius 3 is 2.46 bits per heavy atom. The van der Waals surface area contributed by atoms with Crippen molar-refractivity contribution in [2.75, 3.05) is 5.32 Å². The molecule has 1 rings (SSSR count). The number of aliphatic hydroxyl groups excluding tert-OH is 1. The number of anilines is 1. The molecule has 3 heteroatoms. The van der Waals surface area contributed by atoms with Gasteiger partial charge in [-0.05, 0) is 48.6 Å². The van der Waals surface area contributed by atoms with Gasteiger partial charge in [-0.3, -0.25) is 0 Å². The van der Waals surface area contributed by atoms with Crippen LogP contribution < -0.4 is 5.32 Å². The maximum absolute atomic E-state index is 9.31. The van der Waals surface area contributed by atoms with Crippen LogP contribution in [0.2, 0.25) is 0 Å². The van der Waals surface area contributed by atoms with Gasteiger partial charge in [-0.2, -0.15) is 0 Å². The average Bonchev–Trinajstić information content (AvgIpc) is 2.08. The molecule has 0 aliphatic carbocycles. The van der Waals surface area contributed by atoms with Gasteiger partial charge < -0.3 is 10.4 Å². The van der Waals surface area contributed by atoms with Crippen LogP contribution in [0.15, 0.2) is 24.3 Å². The van der Waals surface area contributed by atoms with Crippen molar-refractivity contribution >= 4 is 28.3 Å². The van der Waals surface area contributed by atoms with Gasteiger partial charge in [0.1, 0.15) is 0 Å². The van der Waals surface area contributed by atoms with Gasteiger partial charge in [0.25, 0.3) is 0 Å². The summed E-state index contributed by atoms with van der Waals surface area (Å²) < 4.78 is 1.17. The lowest BCUT2D eigenvalue weighted by atomic mass is 10.2. The van der Waals surface area contributed by atoms with E-state index >= 15 is 0 Å². The number of halogens is 1. The summed E-state index contributed by atoms with van der Waals surface area (Å²) in [4.78, 5) is 0. The van der Waals surface area contributed by atoms with Crippen molar-refractivity contribution in [1.29, 1.82) is 0 Å². The lowest BCUT2D eigenvalue weighted by Gasteiger charge is -2.18. The van der Waals surface area contributed by atoms with E-state index in [9.17, 15) is 5.11 Å². The maximum atomic E-state index is 9.31. The van der Waals surface area contributed by atoms with Gasteiger partial charge in [-0.1, -0.05) is 12.1 Å². The molecular weight excluding hydrogens is 277 g/mol. The third-order valence-electron chi connectivity index (χ3n) is 1.98. The third-order valence-corrected chi connectivity index (χ3v) is 2.92. The molecule has 0 saturated heterocycles. The van der Waals surface area contributed by atoms with Gasteiger partial charge in [-0.25, -0.2) is 0 Å². The minimum Gasteiger partial charge on any atom is -0.391 e. The molecule has 1 aromatic rings. The SMILES string of the molecule is CC(O)C(C)Nc1ccccc1I. The van der Waals surface area contributed by atoms with Crippen molar-refractivity contribution in [1.82, 2.24) is 0 Å². The van der Waals surface area contributed by atoms with Crippen LogP contribution in [0.3, 0.4) is 0 Å². The van der Waals surface area contributed by atoms with E-state index in [0.29, 0.717) is 0 Å². The molecule has 2 atom stereocenters. The number of aliphatic hydroxyl groups is 1. The van der Waals surface area contributed by atoms with E-state index in [4.69, 9.17) is 0 Å². The Hall–Kier alpha value is -0.290. The summed E-state index contributed by atoms with van der Waals surface area (Å²) in [7, 11) is 0. The van der Waals surface area contributed by atoms with Gasteiger partial charge in [0.15, 0.2) is 0 Å². The monoisotopic (exact) mass is 291 g/mol. The number of hydrogen-bond acceptors (Lipinski definition) is 2. The second-order valence-corrected chi connectivity index (χ2v) is 4.32. The first-order valence-corrected chi connectivity index (χ1v) is 5.38. The van der Waals surface area contributed by atoms with Crippen LogP contribution in [-0.2, 0) is 0 Å². The number of rotatable bonds is 3. The van der Waals surface area contributed by atoms with Crippen molar-refractivity contribution in [3.8, 4) is 0 Å². The molecule has 0 aliphatic heterocycles. The van der Waals surface area contributed by atoms with Crippen LogP contribution >= 0.6 is 22.6 Å². The molecule has 0 radical (unpaired) electrons. The Bertz CT molecular complexity index is 275. The fourth-order valence-corrected chi connectivity index (χ4v) is 1.49. The van der Waals surface area contributed by atoms with Crippen molar-refractivity contribution in [2.24, 2.45) is 0 Å². The fraction of sp³-hybridized carbons (Fsp3) is 0.400. The van der Waals surface area contributed by atoms with Gasteiger partial charge in [0.2, 0.25) is 0 Å². The number of benzene rings is 1. The molecule has 0 bridgehead atoms. The fourth-order valence-electron chi connectivity index (χ4n) is 0.944. The quantitative estimate of drug-likeness (QED) is 0.839. The first-order valence-electron chi connectivity index (χ1n) is 4.30. The molecule has 13 heavy (non-hydrogen) atoms. The summed E-state index contributed by atoms with van der Waals surface area (Å²) >= 11 is 2.27. The van der Waals surface area contributed by atoms with Crippen LogP contribution in [0, 0.1) is 3.57 Å². The minimum atomic E-state index is -0.337. The molecule has 1 aromatic carbocycles. The van der Waals surface area contributed by atoms with Gasteiger partial charge in [0.05, 0.1) is 6.10 Å². The van der Waals surface area contributed by atoms with E-state index in [0.717, 1.165) is 5.69 Å². The lowest BCUT2D eigenvalue weighted by molar-refractivity contribution is 0.178. The van der Waals surface area contributed by atoms with Gasteiger partial charge in [-0.15, -0.1) is 0 Å². The average molecular weight is 291 g/mol. The van der Waals surface area contributed by atoms with Crippen molar-refractivity contribution in [3.63, 3.8) is 0 Å². The normalized spacial score (nSPS) is 15.1. The van der Waals surface area contributed by atoms with Crippen LogP contribution in [0.5, 0.6) is 0 Å². The molecule has 72 valence electrons. The van der Waals surface area contributed by atoms with Gasteiger partial charge >= 0.3 is 0 Å². The molecular formula is C10H14INO. The number of hydrogen-bond donors (Lipinski definition) is 2. The molecule has 0 saturated carbocycles. The molecule has 2 nitrogen and oxygen atoms in total. The summed E-state index contributed by atoms with van der Waals surface area (Å²) in [5.41, 5.74) is 1.08. The highest BCUT2D eigenvalue weighted by Crippen LogP contribution is 2.18. The molecule has 0 fully saturated rings. The van der Waals surface area contributed by atoms with Crippen LogP contribution in [0.1, 0.15) is 13.8 Å². The predicted octanol–water partition coefficient (Wildman–Crippen LogP) is 2.47. The zero-order valence-corrected chi connectivity index (χ0v) is 9.95. The zero-order chi connectivity index (χ0) is 9.84. The smallest absolute Gasteiger partial charge is 0.0710 e. The van der Waals surface area contributed by atoms with Crippen molar-refractivity contribution in [3.05, 3.63) is 27.8 Å². The molecule has 0 aromatic heterocycles.